The molecule has 30 heavy (non-hydrogen) atoms. The highest BCUT2D eigenvalue weighted by atomic mass is 19.1. The van der Waals surface area contributed by atoms with Crippen molar-refractivity contribution in [3.8, 4) is 17.2 Å². The van der Waals surface area contributed by atoms with E-state index < -0.39 is 12.1 Å². The monoisotopic (exact) mass is 401 g/mol. The van der Waals surface area contributed by atoms with E-state index in [0.29, 0.717) is 0 Å². The van der Waals surface area contributed by atoms with Crippen molar-refractivity contribution in [1.29, 1.82) is 5.26 Å². The minimum absolute atomic E-state index is 0.142. The lowest BCUT2D eigenvalue weighted by Gasteiger charge is -2.52. The fraction of sp³-hybridized carbons (Fsp3) is 0.208. The number of likely N-dealkylation sites (tertiary alicyclic amines) is 1. The summed E-state index contributed by atoms with van der Waals surface area (Å²) in [5.41, 5.74) is 3.35. The molecule has 0 spiro atoms. The predicted molar refractivity (Wildman–Crippen MR) is 110 cm³/mol. The molecule has 1 aliphatic rings. The molecule has 0 saturated carbocycles. The molecule has 2 aromatic carbocycles. The molecule has 1 amide bonds. The Morgan fingerprint density at radius 3 is 2.47 bits per heavy atom. The molecule has 0 bridgehead atoms. The number of hydrogen-bond donors (Lipinski definition) is 1. The Hall–Kier alpha value is -3.56. The van der Waals surface area contributed by atoms with Crippen LogP contribution < -0.4 is 0 Å². The summed E-state index contributed by atoms with van der Waals surface area (Å²) in [6.07, 6.45) is 3.38. The quantitative estimate of drug-likeness (QED) is 0.712. The van der Waals surface area contributed by atoms with Crippen molar-refractivity contribution < 1.29 is 14.3 Å². The molecule has 4 rings (SSSR count). The molecule has 3 atom stereocenters. The molecule has 1 aromatic heterocycles. The maximum absolute atomic E-state index is 13.4. The lowest BCUT2D eigenvalue weighted by molar-refractivity contribution is -0.146. The van der Waals surface area contributed by atoms with E-state index in [-0.39, 0.29) is 30.7 Å². The van der Waals surface area contributed by atoms with E-state index in [1.54, 1.807) is 36.7 Å². The lowest BCUT2D eigenvalue weighted by atomic mass is 9.73. The second-order valence-electron chi connectivity index (χ2n) is 7.28. The van der Waals surface area contributed by atoms with Crippen molar-refractivity contribution in [2.45, 2.75) is 24.4 Å². The van der Waals surface area contributed by atoms with E-state index in [4.69, 9.17) is 0 Å². The summed E-state index contributed by atoms with van der Waals surface area (Å²) in [6, 6.07) is 18.3. The van der Waals surface area contributed by atoms with Crippen molar-refractivity contribution in [3.05, 3.63) is 90.0 Å². The Morgan fingerprint density at radius 1 is 1.10 bits per heavy atom. The van der Waals surface area contributed by atoms with Crippen LogP contribution in [0.15, 0.2) is 73.1 Å². The van der Waals surface area contributed by atoms with Crippen molar-refractivity contribution >= 4 is 5.91 Å². The average Bonchev–Trinajstić information content (AvgIpc) is 2.75. The molecule has 0 aliphatic carbocycles. The first-order chi connectivity index (χ1) is 14.6. The molecule has 3 aromatic rings. The smallest absolute Gasteiger partial charge is 0.228 e. The van der Waals surface area contributed by atoms with Gasteiger partial charge in [0.15, 0.2) is 0 Å². The molecule has 1 N–H and O–H groups in total. The Labute approximate surface area is 174 Å². The van der Waals surface area contributed by atoms with E-state index in [1.807, 2.05) is 24.3 Å². The standard InChI is InChI=1S/C24H20FN3O2/c25-18-7-5-17(6-8-18)19-3-1-2-4-20(19)24-21(14-26)28(22(24)15-29)23(30)13-16-9-11-27-12-10-16/h1-12,21-22,24,29H,13,15H2/t21-,22-,24-/m0/s1. The normalized spacial score (nSPS) is 20.3. The number of rotatable bonds is 5. The van der Waals surface area contributed by atoms with Crippen molar-refractivity contribution in [1.82, 2.24) is 9.88 Å². The first kappa shape index (κ1) is 19.7. The molecular weight excluding hydrogens is 381 g/mol. The van der Waals surface area contributed by atoms with Crippen molar-refractivity contribution in [2.75, 3.05) is 6.61 Å². The number of aliphatic hydroxyl groups excluding tert-OH is 1. The van der Waals surface area contributed by atoms with Gasteiger partial charge in [0.25, 0.3) is 0 Å². The van der Waals surface area contributed by atoms with Gasteiger partial charge in [0.05, 0.1) is 25.1 Å². The van der Waals surface area contributed by atoms with Gasteiger partial charge in [-0.05, 0) is 46.5 Å². The largest absolute Gasteiger partial charge is 0.394 e. The van der Waals surface area contributed by atoms with Gasteiger partial charge in [-0.3, -0.25) is 9.78 Å². The number of benzene rings is 2. The zero-order chi connectivity index (χ0) is 21.1. The van der Waals surface area contributed by atoms with Crippen LogP contribution >= 0.6 is 0 Å². The van der Waals surface area contributed by atoms with Gasteiger partial charge in [-0.25, -0.2) is 4.39 Å². The SMILES string of the molecule is N#C[C@H]1[C@H](c2ccccc2-c2ccc(F)cc2)[C@H](CO)N1C(=O)Cc1ccncc1. The third-order valence-electron chi connectivity index (χ3n) is 5.60. The van der Waals surface area contributed by atoms with E-state index in [9.17, 15) is 19.6 Å². The van der Waals surface area contributed by atoms with Crippen LogP contribution in [0, 0.1) is 17.1 Å². The predicted octanol–water partition coefficient (Wildman–Crippen LogP) is 3.31. The number of aliphatic hydroxyl groups is 1. The molecule has 0 unspecified atom stereocenters. The zero-order valence-electron chi connectivity index (χ0n) is 16.1. The number of aromatic nitrogens is 1. The number of carbonyl (C=O) groups is 1. The molecule has 150 valence electrons. The molecule has 5 nitrogen and oxygen atoms in total. The van der Waals surface area contributed by atoms with Gasteiger partial charge < -0.3 is 10.0 Å². The van der Waals surface area contributed by atoms with E-state index in [2.05, 4.69) is 11.1 Å². The zero-order valence-corrected chi connectivity index (χ0v) is 16.1. The number of amides is 1. The van der Waals surface area contributed by atoms with E-state index >= 15 is 0 Å². The maximum atomic E-state index is 13.4. The molecule has 1 aliphatic heterocycles. The van der Waals surface area contributed by atoms with Gasteiger partial charge in [0.2, 0.25) is 5.91 Å². The van der Waals surface area contributed by atoms with Gasteiger partial charge in [-0.2, -0.15) is 5.26 Å². The molecule has 2 heterocycles. The highest BCUT2D eigenvalue weighted by Gasteiger charge is 2.52. The summed E-state index contributed by atoms with van der Waals surface area (Å²) in [6.45, 7) is -0.247. The maximum Gasteiger partial charge on any atom is 0.228 e. The fourth-order valence-corrected chi connectivity index (χ4v) is 4.17. The van der Waals surface area contributed by atoms with Crippen LogP contribution in [0.25, 0.3) is 11.1 Å². The van der Waals surface area contributed by atoms with Crippen molar-refractivity contribution in [2.24, 2.45) is 0 Å². The molecule has 1 saturated heterocycles. The number of halogens is 1. The highest BCUT2D eigenvalue weighted by Crippen LogP contribution is 2.44. The summed E-state index contributed by atoms with van der Waals surface area (Å²) in [5, 5.41) is 19.9. The van der Waals surface area contributed by atoms with Gasteiger partial charge in [-0.1, -0.05) is 36.4 Å². The summed E-state index contributed by atoms with van der Waals surface area (Å²) < 4.78 is 13.4. The summed E-state index contributed by atoms with van der Waals surface area (Å²) in [4.78, 5) is 18.3. The van der Waals surface area contributed by atoms with Crippen LogP contribution in [0.4, 0.5) is 4.39 Å². The molecule has 1 fully saturated rings. The first-order valence-electron chi connectivity index (χ1n) is 9.69. The number of nitriles is 1. The van der Waals surface area contributed by atoms with Gasteiger partial charge in [0.1, 0.15) is 11.9 Å². The fourth-order valence-electron chi connectivity index (χ4n) is 4.17. The Balaban J connectivity index is 1.65. The van der Waals surface area contributed by atoms with Crippen LogP contribution in [0.2, 0.25) is 0 Å². The first-order valence-corrected chi connectivity index (χ1v) is 9.69. The van der Waals surface area contributed by atoms with E-state index in [1.165, 1.54) is 17.0 Å². The second kappa shape index (κ2) is 8.44. The van der Waals surface area contributed by atoms with Crippen LogP contribution in [-0.2, 0) is 11.2 Å². The van der Waals surface area contributed by atoms with E-state index in [0.717, 1.165) is 22.3 Å². The van der Waals surface area contributed by atoms with Crippen LogP contribution in [0.3, 0.4) is 0 Å². The van der Waals surface area contributed by atoms with Crippen LogP contribution in [0.5, 0.6) is 0 Å². The average molecular weight is 401 g/mol. The molecule has 0 radical (unpaired) electrons. The third-order valence-corrected chi connectivity index (χ3v) is 5.60. The Kier molecular flexibility index (Phi) is 5.55. The number of nitrogens with zero attached hydrogens (tertiary/aromatic N) is 3. The Bertz CT molecular complexity index is 1080. The van der Waals surface area contributed by atoms with Gasteiger partial charge in [-0.15, -0.1) is 0 Å². The van der Waals surface area contributed by atoms with Crippen LogP contribution in [-0.4, -0.2) is 39.6 Å². The minimum Gasteiger partial charge on any atom is -0.394 e. The van der Waals surface area contributed by atoms with Crippen LogP contribution in [0.1, 0.15) is 17.0 Å². The third kappa shape index (κ3) is 3.56. The summed E-state index contributed by atoms with van der Waals surface area (Å²) in [5.74, 6) is -0.860. The second-order valence-corrected chi connectivity index (χ2v) is 7.28. The lowest BCUT2D eigenvalue weighted by Crippen LogP contribution is -2.65. The summed E-state index contributed by atoms with van der Waals surface area (Å²) >= 11 is 0. The molecule has 6 heteroatoms. The topological polar surface area (TPSA) is 77.2 Å². The number of carbonyl (C=O) groups excluding carboxylic acids is 1. The highest BCUT2D eigenvalue weighted by molar-refractivity contribution is 5.82. The Morgan fingerprint density at radius 2 is 1.80 bits per heavy atom. The minimum atomic E-state index is -0.682. The van der Waals surface area contributed by atoms with Gasteiger partial charge in [0, 0.05) is 18.3 Å². The van der Waals surface area contributed by atoms with Gasteiger partial charge >= 0.3 is 0 Å². The number of hydrogen-bond acceptors (Lipinski definition) is 4. The summed E-state index contributed by atoms with van der Waals surface area (Å²) in [7, 11) is 0. The number of pyridine rings is 1. The molecular formula is C24H20FN3O2. The van der Waals surface area contributed by atoms with Crippen molar-refractivity contribution in [3.63, 3.8) is 0 Å².